The average molecular weight is 924 g/mol. The molecule has 332 valence electrons. The topological polar surface area (TPSA) is 46.6 Å². The lowest BCUT2D eigenvalue weighted by molar-refractivity contribution is 0.680. The Balaban J connectivity index is 0.986. The van der Waals surface area contributed by atoms with Gasteiger partial charge in [-0.25, -0.2) is 9.98 Å². The third kappa shape index (κ3) is 6.18. The van der Waals surface area contributed by atoms with Crippen molar-refractivity contribution >= 4 is 108 Å². The Morgan fingerprint density at radius 1 is 0.408 bits per heavy atom. The summed E-state index contributed by atoms with van der Waals surface area (Å²) in [5.74, 6) is 1.45. The maximum Gasteiger partial charge on any atom is 0.159 e. The fraction of sp³-hybridized carbons (Fsp3) is 0.0154. The molecule has 15 rings (SSSR count). The number of thiophene rings is 1. The molecule has 71 heavy (non-hydrogen) atoms. The summed E-state index contributed by atoms with van der Waals surface area (Å²) in [4.78, 5) is 10.9. The van der Waals surface area contributed by atoms with Crippen molar-refractivity contribution in [1.82, 2.24) is 14.5 Å². The number of nitrogens with zero attached hydrogens (tertiary/aromatic N) is 4. The number of aliphatic imine (C=N–C) groups is 2. The third-order valence-electron chi connectivity index (χ3n) is 14.5. The number of aromatic nitrogens is 2. The smallest absolute Gasteiger partial charge is 0.159 e. The number of hydrogen-bond acceptors (Lipinski definition) is 4. The first-order chi connectivity index (χ1) is 35.2. The summed E-state index contributed by atoms with van der Waals surface area (Å²) in [6.07, 6.45) is -0.442. The van der Waals surface area contributed by atoms with Crippen LogP contribution in [-0.2, 0) is 0 Å². The lowest BCUT2D eigenvalue weighted by Gasteiger charge is -2.25. The van der Waals surface area contributed by atoms with Crippen LogP contribution in [0.15, 0.2) is 247 Å². The number of hydrogen-bond donors (Lipinski definition) is 1. The van der Waals surface area contributed by atoms with Crippen LogP contribution in [0.4, 0.5) is 0 Å². The van der Waals surface area contributed by atoms with Crippen molar-refractivity contribution in [3.8, 4) is 22.5 Å². The number of benzene rings is 11. The van der Waals surface area contributed by atoms with Crippen LogP contribution < -0.4 is 5.32 Å². The average Bonchev–Trinajstić information content (AvgIpc) is 4.10. The quantitative estimate of drug-likeness (QED) is 0.177. The summed E-state index contributed by atoms with van der Waals surface area (Å²) in [6.45, 7) is 0. The van der Waals surface area contributed by atoms with Gasteiger partial charge in [0.05, 0.1) is 27.8 Å². The first-order valence-electron chi connectivity index (χ1n) is 24.2. The largest absolute Gasteiger partial charge is 0.344 e. The first-order valence-corrected chi connectivity index (χ1v) is 25.0. The zero-order chi connectivity index (χ0) is 46.6. The van der Waals surface area contributed by atoms with E-state index >= 15 is 0 Å². The molecular weight excluding hydrogens is 883 g/mol. The molecule has 4 heterocycles. The molecule has 6 heteroatoms. The Kier molecular flexibility index (Phi) is 8.82. The van der Waals surface area contributed by atoms with Gasteiger partial charge in [0, 0.05) is 69.7 Å². The Bertz CT molecular complexity index is 4560. The second-order valence-electron chi connectivity index (χ2n) is 18.5. The molecule has 0 radical (unpaired) electrons. The number of nitrogens with one attached hydrogen (secondary N) is 1. The highest BCUT2D eigenvalue weighted by Gasteiger charge is 2.27. The summed E-state index contributed by atoms with van der Waals surface area (Å²) < 4.78 is 7.42. The standard InChI is InChI=1S/C65H41N5S/c1-3-18-41(19-4-1)63-66-64(68-65(67-63)51-28-15-31-57-60(51)49-26-12-14-30-55(49)69(57)45-22-5-2-6-23-45)44-34-36-56(70-54-29-13-11-25-47(54)52-37-42-20-7-8-21-43(42)39-58(52)70)53(38-44)48-27-16-32-59-61(48)50-35-33-40-17-9-10-24-46(40)62(50)71-59/h1-39,65H,(H,66,67,68). The predicted octanol–water partition coefficient (Wildman–Crippen LogP) is 16.7. The van der Waals surface area contributed by atoms with E-state index in [1.807, 2.05) is 17.4 Å². The van der Waals surface area contributed by atoms with Gasteiger partial charge in [-0.05, 0) is 93.8 Å². The van der Waals surface area contributed by atoms with Crippen molar-refractivity contribution < 1.29 is 0 Å². The minimum absolute atomic E-state index is 0.442. The van der Waals surface area contributed by atoms with E-state index in [4.69, 9.17) is 9.98 Å². The van der Waals surface area contributed by atoms with Crippen LogP contribution in [0.1, 0.15) is 22.9 Å². The van der Waals surface area contributed by atoms with Crippen LogP contribution >= 0.6 is 11.3 Å². The molecule has 1 unspecified atom stereocenters. The zero-order valence-electron chi connectivity index (χ0n) is 38.3. The molecule has 0 aliphatic carbocycles. The Labute approximate surface area is 412 Å². The Hall–Kier alpha value is -9.10. The van der Waals surface area contributed by atoms with E-state index in [1.54, 1.807) is 0 Å². The molecule has 0 saturated heterocycles. The first kappa shape index (κ1) is 39.9. The van der Waals surface area contributed by atoms with E-state index in [1.165, 1.54) is 74.3 Å². The van der Waals surface area contributed by atoms with Gasteiger partial charge in [-0.2, -0.15) is 0 Å². The molecule has 3 aromatic heterocycles. The molecule has 1 atom stereocenters. The lowest BCUT2D eigenvalue weighted by atomic mass is 9.94. The zero-order valence-corrected chi connectivity index (χ0v) is 39.1. The van der Waals surface area contributed by atoms with Gasteiger partial charge in [0.15, 0.2) is 5.84 Å². The molecule has 0 bridgehead atoms. The van der Waals surface area contributed by atoms with E-state index in [9.17, 15) is 0 Å². The molecule has 5 nitrogen and oxygen atoms in total. The van der Waals surface area contributed by atoms with E-state index in [2.05, 4.69) is 245 Å². The highest BCUT2D eigenvalue weighted by atomic mass is 32.1. The van der Waals surface area contributed by atoms with Gasteiger partial charge in [0.25, 0.3) is 0 Å². The summed E-state index contributed by atoms with van der Waals surface area (Å²) in [5.41, 5.74) is 12.2. The Morgan fingerprint density at radius 3 is 1.92 bits per heavy atom. The van der Waals surface area contributed by atoms with Crippen molar-refractivity contribution in [2.45, 2.75) is 6.17 Å². The second kappa shape index (κ2) is 15.7. The van der Waals surface area contributed by atoms with E-state index in [0.717, 1.165) is 56.0 Å². The number of amidine groups is 2. The molecule has 1 aliphatic rings. The minimum Gasteiger partial charge on any atom is -0.344 e. The van der Waals surface area contributed by atoms with Crippen molar-refractivity contribution in [3.05, 3.63) is 253 Å². The molecular formula is C65H41N5S. The van der Waals surface area contributed by atoms with Crippen molar-refractivity contribution in [1.29, 1.82) is 0 Å². The van der Waals surface area contributed by atoms with Gasteiger partial charge in [-0.15, -0.1) is 11.3 Å². The molecule has 14 aromatic rings. The van der Waals surface area contributed by atoms with Gasteiger partial charge in [-0.3, -0.25) is 0 Å². The normalized spacial score (nSPS) is 14.1. The van der Waals surface area contributed by atoms with Gasteiger partial charge >= 0.3 is 0 Å². The van der Waals surface area contributed by atoms with Crippen LogP contribution in [0.5, 0.6) is 0 Å². The van der Waals surface area contributed by atoms with Gasteiger partial charge < -0.3 is 14.5 Å². The van der Waals surface area contributed by atoms with Crippen LogP contribution in [0.2, 0.25) is 0 Å². The molecule has 1 aliphatic heterocycles. The molecule has 0 spiro atoms. The van der Waals surface area contributed by atoms with Crippen LogP contribution in [0.3, 0.4) is 0 Å². The molecule has 0 saturated carbocycles. The van der Waals surface area contributed by atoms with Crippen LogP contribution in [0, 0.1) is 0 Å². The fourth-order valence-electron chi connectivity index (χ4n) is 11.4. The maximum atomic E-state index is 5.47. The van der Waals surface area contributed by atoms with Crippen LogP contribution in [-0.4, -0.2) is 20.8 Å². The summed E-state index contributed by atoms with van der Waals surface area (Å²) >= 11 is 1.88. The summed E-state index contributed by atoms with van der Waals surface area (Å²) in [6, 6.07) is 85.7. The highest BCUT2D eigenvalue weighted by Crippen LogP contribution is 2.46. The van der Waals surface area contributed by atoms with E-state index in [0.29, 0.717) is 5.84 Å². The van der Waals surface area contributed by atoms with E-state index < -0.39 is 6.17 Å². The van der Waals surface area contributed by atoms with Crippen LogP contribution in [0.25, 0.3) is 108 Å². The van der Waals surface area contributed by atoms with Crippen molar-refractivity contribution in [2.75, 3.05) is 0 Å². The van der Waals surface area contributed by atoms with Gasteiger partial charge in [0.1, 0.15) is 12.0 Å². The van der Waals surface area contributed by atoms with Gasteiger partial charge in [-0.1, -0.05) is 170 Å². The number of rotatable bonds is 6. The third-order valence-corrected chi connectivity index (χ3v) is 15.7. The number of para-hydroxylation sites is 3. The molecule has 0 fully saturated rings. The van der Waals surface area contributed by atoms with Crippen molar-refractivity contribution in [3.63, 3.8) is 0 Å². The lowest BCUT2D eigenvalue weighted by Crippen LogP contribution is -2.33. The maximum absolute atomic E-state index is 5.47. The predicted molar refractivity (Wildman–Crippen MR) is 300 cm³/mol. The highest BCUT2D eigenvalue weighted by molar-refractivity contribution is 7.26. The summed E-state index contributed by atoms with van der Waals surface area (Å²) in [7, 11) is 0. The number of fused-ring (bicyclic) bond motifs is 12. The van der Waals surface area contributed by atoms with Crippen molar-refractivity contribution in [2.24, 2.45) is 9.98 Å². The monoisotopic (exact) mass is 923 g/mol. The SMILES string of the molecule is c1ccc(C2=NC(c3cccc4c3c3ccccc3n4-c3ccccc3)NC(c3ccc(-n4c5ccccc5c5cc6ccccc6cc54)c(-c4cccc5sc6c7ccccc7ccc6c45)c3)=N2)cc1. The fourth-order valence-corrected chi connectivity index (χ4v) is 12.7. The van der Waals surface area contributed by atoms with Gasteiger partial charge in [0.2, 0.25) is 0 Å². The Morgan fingerprint density at radius 2 is 1.08 bits per heavy atom. The molecule has 1 N–H and O–H groups in total. The second-order valence-corrected chi connectivity index (χ2v) is 19.6. The van der Waals surface area contributed by atoms with E-state index in [-0.39, 0.29) is 0 Å². The summed E-state index contributed by atoms with van der Waals surface area (Å²) in [5, 5.41) is 16.2. The molecule has 11 aromatic carbocycles. The minimum atomic E-state index is -0.442. The molecule has 0 amide bonds.